The van der Waals surface area contributed by atoms with E-state index in [0.29, 0.717) is 17.1 Å². The Morgan fingerprint density at radius 3 is 2.66 bits per heavy atom. The number of hydrogen-bond acceptors (Lipinski definition) is 6. The van der Waals surface area contributed by atoms with Crippen molar-refractivity contribution in [2.45, 2.75) is 19.8 Å². The molecule has 0 aliphatic rings. The minimum absolute atomic E-state index is 0.00998. The number of anilines is 2. The molecule has 3 aromatic heterocycles. The van der Waals surface area contributed by atoms with Crippen molar-refractivity contribution in [2.24, 2.45) is 7.05 Å². The van der Waals surface area contributed by atoms with Crippen molar-refractivity contribution >= 4 is 17.6 Å². The van der Waals surface area contributed by atoms with E-state index in [1.54, 1.807) is 41.3 Å². The fraction of sp³-hybridized carbons (Fsp3) is 0.182. The summed E-state index contributed by atoms with van der Waals surface area (Å²) in [4.78, 5) is 16.4. The number of rotatable bonds is 6. The van der Waals surface area contributed by atoms with Crippen LogP contribution >= 0.6 is 0 Å². The zero-order chi connectivity index (χ0) is 22.7. The van der Waals surface area contributed by atoms with Crippen molar-refractivity contribution in [3.05, 3.63) is 66.5 Å². The molecule has 0 aliphatic carbocycles. The third-order valence-corrected chi connectivity index (χ3v) is 4.51. The number of nitrogens with zero attached hydrogens (tertiary/aromatic N) is 4. The average molecular weight is 436 g/mol. The van der Waals surface area contributed by atoms with Crippen molar-refractivity contribution in [2.75, 3.05) is 10.6 Å². The van der Waals surface area contributed by atoms with Gasteiger partial charge in [0.25, 0.3) is 0 Å². The molecule has 4 rings (SSSR count). The number of halogens is 1. The normalized spacial score (nSPS) is 10.9. The van der Waals surface area contributed by atoms with Crippen LogP contribution in [0, 0.1) is 5.82 Å². The summed E-state index contributed by atoms with van der Waals surface area (Å²) in [5, 5.41) is 12.9. The number of amides is 2. The van der Waals surface area contributed by atoms with Crippen LogP contribution in [0.4, 0.5) is 20.8 Å². The summed E-state index contributed by atoms with van der Waals surface area (Å²) in [6, 6.07) is 8.51. The van der Waals surface area contributed by atoms with Crippen LogP contribution in [0.1, 0.15) is 25.5 Å². The van der Waals surface area contributed by atoms with Crippen LogP contribution in [-0.2, 0) is 7.05 Å². The predicted octanol–water partition coefficient (Wildman–Crippen LogP) is 5.17. The summed E-state index contributed by atoms with van der Waals surface area (Å²) < 4.78 is 27.0. The Bertz CT molecular complexity index is 1250. The van der Waals surface area contributed by atoms with Crippen LogP contribution in [0.3, 0.4) is 0 Å². The topological polar surface area (TPSA) is 107 Å². The van der Waals surface area contributed by atoms with Gasteiger partial charge in [-0.3, -0.25) is 15.0 Å². The molecule has 4 aromatic rings. The van der Waals surface area contributed by atoms with Gasteiger partial charge in [-0.05, 0) is 24.1 Å². The van der Waals surface area contributed by atoms with Crippen LogP contribution in [-0.4, -0.2) is 26.0 Å². The Morgan fingerprint density at radius 1 is 1.16 bits per heavy atom. The van der Waals surface area contributed by atoms with Gasteiger partial charge in [0.15, 0.2) is 0 Å². The Balaban J connectivity index is 1.41. The molecule has 0 aliphatic heterocycles. The lowest BCUT2D eigenvalue weighted by molar-refractivity contribution is 0.261. The summed E-state index contributed by atoms with van der Waals surface area (Å²) in [6.45, 7) is 3.90. The van der Waals surface area contributed by atoms with Crippen molar-refractivity contribution in [3.8, 4) is 22.8 Å². The quantitative estimate of drug-likeness (QED) is 0.432. The Hall–Kier alpha value is -4.21. The molecule has 10 heteroatoms. The van der Waals surface area contributed by atoms with E-state index in [-0.39, 0.29) is 23.2 Å². The zero-order valence-corrected chi connectivity index (χ0v) is 17.7. The number of urea groups is 1. The highest BCUT2D eigenvalue weighted by Gasteiger charge is 2.13. The van der Waals surface area contributed by atoms with E-state index in [0.717, 1.165) is 5.56 Å². The first-order chi connectivity index (χ1) is 15.4. The molecule has 0 spiro atoms. The highest BCUT2D eigenvalue weighted by atomic mass is 19.1. The second kappa shape index (κ2) is 8.88. The van der Waals surface area contributed by atoms with E-state index in [1.165, 1.54) is 12.1 Å². The second-order valence-electron chi connectivity index (χ2n) is 7.37. The molecule has 0 radical (unpaired) electrons. The highest BCUT2D eigenvalue weighted by Crippen LogP contribution is 2.28. The molecule has 0 saturated carbocycles. The summed E-state index contributed by atoms with van der Waals surface area (Å²) in [6.07, 6.45) is 5.13. The molecule has 164 valence electrons. The largest absolute Gasteiger partial charge is 0.457 e. The fourth-order valence-electron chi connectivity index (χ4n) is 2.87. The number of nitrogens with one attached hydrogen (secondary N) is 2. The van der Waals surface area contributed by atoms with Gasteiger partial charge in [-0.25, -0.2) is 9.18 Å². The number of aromatic nitrogens is 4. The van der Waals surface area contributed by atoms with Gasteiger partial charge in [-0.1, -0.05) is 19.0 Å². The van der Waals surface area contributed by atoms with Gasteiger partial charge in [-0.2, -0.15) is 5.10 Å². The summed E-state index contributed by atoms with van der Waals surface area (Å²) in [7, 11) is 1.82. The number of benzene rings is 1. The van der Waals surface area contributed by atoms with Crippen LogP contribution < -0.4 is 15.4 Å². The third kappa shape index (κ3) is 4.91. The third-order valence-electron chi connectivity index (χ3n) is 4.51. The van der Waals surface area contributed by atoms with E-state index >= 15 is 0 Å². The summed E-state index contributed by atoms with van der Waals surface area (Å²) in [5.74, 6) is 0.438. The number of pyridine rings is 1. The molecular formula is C22H21FN6O3. The van der Waals surface area contributed by atoms with Crippen LogP contribution in [0.2, 0.25) is 0 Å². The SMILES string of the molecule is CC(C)c1cc(NC(=O)Nc2ccc(Oc3ccnc(-c4cnn(C)c4)c3)cc2F)on1. The smallest absolute Gasteiger partial charge is 0.326 e. The number of carbonyl (C=O) groups excluding carboxylic acids is 1. The molecule has 9 nitrogen and oxygen atoms in total. The number of aryl methyl sites for hydroxylation is 1. The van der Waals surface area contributed by atoms with Crippen molar-refractivity contribution in [3.63, 3.8) is 0 Å². The van der Waals surface area contributed by atoms with Gasteiger partial charge in [0.05, 0.1) is 23.3 Å². The first-order valence-corrected chi connectivity index (χ1v) is 9.84. The lowest BCUT2D eigenvalue weighted by Gasteiger charge is -2.10. The van der Waals surface area contributed by atoms with Crippen LogP contribution in [0.5, 0.6) is 11.5 Å². The molecule has 0 atom stereocenters. The molecule has 2 amide bonds. The molecule has 2 N–H and O–H groups in total. The molecule has 1 aromatic carbocycles. The van der Waals surface area contributed by atoms with E-state index in [9.17, 15) is 9.18 Å². The lowest BCUT2D eigenvalue weighted by Crippen LogP contribution is -2.19. The maximum absolute atomic E-state index is 14.5. The summed E-state index contributed by atoms with van der Waals surface area (Å²) in [5.41, 5.74) is 2.21. The maximum Gasteiger partial charge on any atom is 0.326 e. The Kier molecular flexibility index (Phi) is 5.84. The number of carbonyl (C=O) groups is 1. The molecule has 0 fully saturated rings. The first kappa shape index (κ1) is 21.0. The minimum atomic E-state index is -0.653. The van der Waals surface area contributed by atoms with Gasteiger partial charge >= 0.3 is 6.03 Å². The lowest BCUT2D eigenvalue weighted by atomic mass is 10.1. The average Bonchev–Trinajstić information content (AvgIpc) is 3.39. The van der Waals surface area contributed by atoms with Crippen LogP contribution in [0.25, 0.3) is 11.3 Å². The standard InChI is InChI=1S/C22H21FN6O3/c1-13(2)19-10-21(32-28-19)27-22(30)26-18-5-4-15(8-17(18)23)31-16-6-7-24-20(9-16)14-11-25-29(3)12-14/h4-13H,1-3H3,(H2,26,27,30). The highest BCUT2D eigenvalue weighted by molar-refractivity contribution is 5.99. The Labute approximate surface area is 183 Å². The molecule has 0 unspecified atom stereocenters. The molecule has 0 bridgehead atoms. The zero-order valence-electron chi connectivity index (χ0n) is 17.7. The van der Waals surface area contributed by atoms with Gasteiger partial charge < -0.3 is 14.6 Å². The molecule has 32 heavy (non-hydrogen) atoms. The van der Waals surface area contributed by atoms with E-state index in [4.69, 9.17) is 9.26 Å². The van der Waals surface area contributed by atoms with Crippen molar-refractivity contribution < 1.29 is 18.4 Å². The van der Waals surface area contributed by atoms with Gasteiger partial charge in [0.2, 0.25) is 5.88 Å². The maximum atomic E-state index is 14.5. The predicted molar refractivity (Wildman–Crippen MR) is 116 cm³/mol. The first-order valence-electron chi connectivity index (χ1n) is 9.84. The molecule has 0 saturated heterocycles. The minimum Gasteiger partial charge on any atom is -0.457 e. The number of hydrogen-bond donors (Lipinski definition) is 2. The van der Waals surface area contributed by atoms with Crippen molar-refractivity contribution in [1.82, 2.24) is 19.9 Å². The van der Waals surface area contributed by atoms with Crippen molar-refractivity contribution in [1.29, 1.82) is 0 Å². The summed E-state index contributed by atoms with van der Waals surface area (Å²) >= 11 is 0. The van der Waals surface area contributed by atoms with Gasteiger partial charge in [0.1, 0.15) is 17.3 Å². The Morgan fingerprint density at radius 2 is 1.97 bits per heavy atom. The van der Waals surface area contributed by atoms with E-state index < -0.39 is 11.8 Å². The van der Waals surface area contributed by atoms with E-state index in [1.807, 2.05) is 27.1 Å². The molecular weight excluding hydrogens is 415 g/mol. The van der Waals surface area contributed by atoms with E-state index in [2.05, 4.69) is 25.9 Å². The fourth-order valence-corrected chi connectivity index (χ4v) is 2.87. The number of ether oxygens (including phenoxy) is 1. The molecule has 3 heterocycles. The van der Waals surface area contributed by atoms with Crippen LogP contribution in [0.15, 0.2) is 59.5 Å². The van der Waals surface area contributed by atoms with Gasteiger partial charge in [-0.15, -0.1) is 0 Å². The monoisotopic (exact) mass is 436 g/mol. The second-order valence-corrected chi connectivity index (χ2v) is 7.37. The van der Waals surface area contributed by atoms with Gasteiger partial charge in [0, 0.05) is 43.2 Å².